The number of hydrogen-bond acceptors (Lipinski definition) is 8. The minimum Gasteiger partial charge on any atom is -0.419 e. The van der Waals surface area contributed by atoms with Crippen LogP contribution in [-0.2, 0) is 28.7 Å². The van der Waals surface area contributed by atoms with E-state index >= 15 is 0 Å². The minimum absolute atomic E-state index is 0.00389. The van der Waals surface area contributed by atoms with Gasteiger partial charge in [0.05, 0.1) is 0 Å². The molecule has 4 aliphatic carbocycles. The Bertz CT molecular complexity index is 982. The Morgan fingerprint density at radius 2 is 1.86 bits per heavy atom. The van der Waals surface area contributed by atoms with Crippen molar-refractivity contribution >= 4 is 29.5 Å². The van der Waals surface area contributed by atoms with Gasteiger partial charge in [-0.3, -0.25) is 19.2 Å². The number of fused-ring (bicyclic) bond motifs is 5. The molecule has 0 amide bonds. The SMILES string of the molecule is CCCCC(=O)OC(=O)O[C@]1(C(=O)CO)CC[C@H]2[C@@H]3CCC4=CC(=O)CC[C@]4(C)[C@H]3C(=O)C[C@@]21C. The number of carbonyl (C=O) groups excluding carboxylic acids is 5. The van der Waals surface area contributed by atoms with Crippen LogP contribution < -0.4 is 0 Å². The molecule has 0 aromatic rings. The number of unbranched alkanes of at least 4 members (excludes halogenated alkanes) is 1. The van der Waals surface area contributed by atoms with E-state index in [9.17, 15) is 29.1 Å². The number of allylic oxidation sites excluding steroid dienone is 1. The topological polar surface area (TPSA) is 124 Å². The summed E-state index contributed by atoms with van der Waals surface area (Å²) in [5.41, 5.74) is -2.08. The van der Waals surface area contributed by atoms with Crippen LogP contribution in [0.4, 0.5) is 4.79 Å². The average molecular weight is 489 g/mol. The van der Waals surface area contributed by atoms with Gasteiger partial charge in [0.1, 0.15) is 12.4 Å². The Morgan fingerprint density at radius 1 is 1.11 bits per heavy atom. The fraction of sp³-hybridized carbons (Fsp3) is 0.741. The molecular weight excluding hydrogens is 452 g/mol. The number of aliphatic hydroxyl groups excluding tert-OH is 1. The monoisotopic (exact) mass is 488 g/mol. The lowest BCUT2D eigenvalue weighted by atomic mass is 9.46. The molecule has 0 aromatic carbocycles. The van der Waals surface area contributed by atoms with Crippen LogP contribution in [-0.4, -0.2) is 46.8 Å². The van der Waals surface area contributed by atoms with Gasteiger partial charge in [0.25, 0.3) is 0 Å². The van der Waals surface area contributed by atoms with E-state index in [1.54, 1.807) is 13.0 Å². The zero-order valence-corrected chi connectivity index (χ0v) is 20.9. The number of ether oxygens (including phenoxy) is 2. The second kappa shape index (κ2) is 9.26. The van der Waals surface area contributed by atoms with Crippen LogP contribution in [0.2, 0.25) is 0 Å². The van der Waals surface area contributed by atoms with E-state index in [4.69, 9.17) is 9.47 Å². The molecule has 4 aliphatic rings. The van der Waals surface area contributed by atoms with Crippen molar-refractivity contribution < 1.29 is 38.6 Å². The van der Waals surface area contributed by atoms with Crippen molar-refractivity contribution in [2.24, 2.45) is 28.6 Å². The third-order valence-corrected chi connectivity index (χ3v) is 9.56. The molecule has 0 saturated heterocycles. The molecule has 4 rings (SSSR count). The summed E-state index contributed by atoms with van der Waals surface area (Å²) in [5, 5.41) is 9.82. The van der Waals surface area contributed by atoms with Gasteiger partial charge in [-0.05, 0) is 61.9 Å². The van der Waals surface area contributed by atoms with E-state index in [0.29, 0.717) is 32.1 Å². The molecule has 0 unspecified atom stereocenters. The first-order chi connectivity index (χ1) is 16.5. The lowest BCUT2D eigenvalue weighted by Crippen LogP contribution is -2.62. The van der Waals surface area contributed by atoms with Crippen LogP contribution in [0, 0.1) is 28.6 Å². The highest BCUT2D eigenvalue weighted by Crippen LogP contribution is 2.67. The van der Waals surface area contributed by atoms with Crippen molar-refractivity contribution in [1.29, 1.82) is 0 Å². The summed E-state index contributed by atoms with van der Waals surface area (Å²) in [4.78, 5) is 63.6. The lowest BCUT2D eigenvalue weighted by molar-refractivity contribution is -0.176. The maximum Gasteiger partial charge on any atom is 0.517 e. The van der Waals surface area contributed by atoms with E-state index in [1.165, 1.54) is 0 Å². The molecule has 35 heavy (non-hydrogen) atoms. The van der Waals surface area contributed by atoms with E-state index in [0.717, 1.165) is 18.4 Å². The van der Waals surface area contributed by atoms with Gasteiger partial charge >= 0.3 is 12.1 Å². The van der Waals surface area contributed by atoms with Crippen molar-refractivity contribution in [1.82, 2.24) is 0 Å². The third kappa shape index (κ3) is 3.98. The minimum atomic E-state index is -1.73. The smallest absolute Gasteiger partial charge is 0.419 e. The molecule has 0 aliphatic heterocycles. The molecule has 0 spiro atoms. The number of esters is 1. The van der Waals surface area contributed by atoms with Gasteiger partial charge < -0.3 is 14.6 Å². The lowest BCUT2D eigenvalue weighted by Gasteiger charge is -2.57. The predicted octanol–water partition coefficient (Wildman–Crippen LogP) is 3.87. The molecule has 0 bridgehead atoms. The maximum absolute atomic E-state index is 13.8. The van der Waals surface area contributed by atoms with Crippen molar-refractivity contribution in [3.8, 4) is 0 Å². The van der Waals surface area contributed by atoms with Gasteiger partial charge in [0.15, 0.2) is 11.4 Å². The van der Waals surface area contributed by atoms with Gasteiger partial charge in [-0.15, -0.1) is 0 Å². The van der Waals surface area contributed by atoms with Gasteiger partial charge in [0, 0.05) is 30.6 Å². The highest BCUT2D eigenvalue weighted by molar-refractivity contribution is 5.95. The Hall–Kier alpha value is -2.35. The van der Waals surface area contributed by atoms with Crippen LogP contribution in [0.5, 0.6) is 0 Å². The molecule has 3 saturated carbocycles. The van der Waals surface area contributed by atoms with E-state index in [1.807, 2.05) is 6.92 Å². The first-order valence-corrected chi connectivity index (χ1v) is 12.9. The Kier molecular flexibility index (Phi) is 6.81. The van der Waals surface area contributed by atoms with Crippen molar-refractivity contribution in [3.05, 3.63) is 11.6 Å². The first-order valence-electron chi connectivity index (χ1n) is 12.9. The van der Waals surface area contributed by atoms with Gasteiger partial charge in [-0.25, -0.2) is 4.79 Å². The summed E-state index contributed by atoms with van der Waals surface area (Å²) in [6.45, 7) is 4.95. The molecule has 6 atom stereocenters. The normalized spacial score (nSPS) is 38.1. The standard InChI is InChI=1S/C27H36O8/c1-4-5-6-22(32)34-24(33)35-27(21(31)15-28)12-10-19-18-8-7-16-13-17(29)9-11-25(16,2)23(18)20(30)14-26(19,27)3/h13,18-19,23,28H,4-12,14-15H2,1-3H3/t18-,19-,23+,25-,26-,27-/m0/s1. The predicted molar refractivity (Wildman–Crippen MR) is 124 cm³/mol. The van der Waals surface area contributed by atoms with Gasteiger partial charge in [0.2, 0.25) is 5.78 Å². The Morgan fingerprint density at radius 3 is 2.54 bits per heavy atom. The number of rotatable bonds is 6. The molecule has 0 heterocycles. The summed E-state index contributed by atoms with van der Waals surface area (Å²) in [5.74, 6) is -1.64. The largest absolute Gasteiger partial charge is 0.517 e. The zero-order chi connectivity index (χ0) is 25.6. The molecule has 1 N–H and O–H groups in total. The number of carbonyl (C=O) groups is 5. The first kappa shape index (κ1) is 25.7. The zero-order valence-electron chi connectivity index (χ0n) is 20.9. The van der Waals surface area contributed by atoms with E-state index < -0.39 is 35.5 Å². The molecule has 8 nitrogen and oxygen atoms in total. The van der Waals surface area contributed by atoms with Crippen LogP contribution in [0.15, 0.2) is 11.6 Å². The highest BCUT2D eigenvalue weighted by atomic mass is 16.8. The Labute approximate surface area is 205 Å². The van der Waals surface area contributed by atoms with Crippen LogP contribution in [0.25, 0.3) is 0 Å². The van der Waals surface area contributed by atoms with Crippen LogP contribution in [0.3, 0.4) is 0 Å². The second-order valence-corrected chi connectivity index (χ2v) is 11.3. The molecular formula is C27H36O8. The quantitative estimate of drug-likeness (QED) is 0.441. The van der Waals surface area contributed by atoms with Crippen LogP contribution in [0.1, 0.15) is 85.0 Å². The van der Waals surface area contributed by atoms with E-state index in [2.05, 4.69) is 6.92 Å². The summed E-state index contributed by atoms with van der Waals surface area (Å²) in [6, 6.07) is 0. The summed E-state index contributed by atoms with van der Waals surface area (Å²) < 4.78 is 10.5. The van der Waals surface area contributed by atoms with Crippen molar-refractivity contribution in [2.45, 2.75) is 90.6 Å². The Balaban J connectivity index is 1.65. The molecule has 0 radical (unpaired) electrons. The number of aliphatic hydroxyl groups is 1. The molecule has 8 heteroatoms. The third-order valence-electron chi connectivity index (χ3n) is 9.56. The fourth-order valence-corrected chi connectivity index (χ4v) is 7.81. The van der Waals surface area contributed by atoms with E-state index in [-0.39, 0.29) is 54.0 Å². The number of ketones is 3. The van der Waals surface area contributed by atoms with Gasteiger partial charge in [-0.1, -0.05) is 32.8 Å². The number of Topliss-reactive ketones (excluding diaryl/α,β-unsaturated/α-hetero) is 2. The fourth-order valence-electron chi connectivity index (χ4n) is 7.81. The van der Waals surface area contributed by atoms with Crippen molar-refractivity contribution in [2.75, 3.05) is 6.61 Å². The second-order valence-electron chi connectivity index (χ2n) is 11.3. The van der Waals surface area contributed by atoms with Crippen molar-refractivity contribution in [3.63, 3.8) is 0 Å². The molecule has 192 valence electrons. The number of hydrogen-bond donors (Lipinski definition) is 1. The molecule has 3 fully saturated rings. The summed E-state index contributed by atoms with van der Waals surface area (Å²) in [7, 11) is 0. The average Bonchev–Trinajstić information content (AvgIpc) is 3.09. The summed E-state index contributed by atoms with van der Waals surface area (Å²) in [6.07, 6.45) is 5.10. The summed E-state index contributed by atoms with van der Waals surface area (Å²) >= 11 is 0. The van der Waals surface area contributed by atoms with Crippen LogP contribution >= 0.6 is 0 Å². The highest BCUT2D eigenvalue weighted by Gasteiger charge is 2.70. The maximum atomic E-state index is 13.8. The van der Waals surface area contributed by atoms with Gasteiger partial charge in [-0.2, -0.15) is 0 Å². The molecule has 0 aromatic heterocycles.